The highest BCUT2D eigenvalue weighted by Crippen LogP contribution is 2.25. The van der Waals surface area contributed by atoms with E-state index < -0.39 is 0 Å². The van der Waals surface area contributed by atoms with Crippen LogP contribution in [0.4, 0.5) is 0 Å². The van der Waals surface area contributed by atoms with E-state index in [0.717, 1.165) is 52.2 Å². The van der Waals surface area contributed by atoms with Gasteiger partial charge in [0.05, 0.1) is 26.7 Å². The minimum absolute atomic E-state index is 0.322. The summed E-state index contributed by atoms with van der Waals surface area (Å²) in [6.45, 7) is 10.2. The third-order valence-electron chi connectivity index (χ3n) is 4.79. The van der Waals surface area contributed by atoms with Crippen LogP contribution in [-0.2, 0) is 4.74 Å². The average molecular weight is 351 g/mol. The number of rotatable bonds is 9. The lowest BCUT2D eigenvalue weighted by atomic mass is 10.1. The summed E-state index contributed by atoms with van der Waals surface area (Å²) in [6, 6.07) is 7.66. The highest BCUT2D eigenvalue weighted by Gasteiger charge is 2.19. The summed E-state index contributed by atoms with van der Waals surface area (Å²) in [5, 5.41) is 0.968. The van der Waals surface area contributed by atoms with Gasteiger partial charge in [0.15, 0.2) is 0 Å². The fourth-order valence-corrected chi connectivity index (χ4v) is 3.53. The zero-order chi connectivity index (χ0) is 17.6. The number of quaternary nitrogens is 1. The van der Waals surface area contributed by atoms with Crippen molar-refractivity contribution in [2.45, 2.75) is 20.8 Å². The van der Waals surface area contributed by atoms with E-state index in [1.54, 1.807) is 0 Å². The van der Waals surface area contributed by atoms with Crippen molar-refractivity contribution in [3.05, 3.63) is 35.6 Å². The number of carbonyl (C=O) groups excluding carboxylic acids is 1. The zero-order valence-corrected chi connectivity index (χ0v) is 15.9. The van der Waals surface area contributed by atoms with Gasteiger partial charge in [-0.05, 0) is 26.8 Å². The van der Waals surface area contributed by atoms with Crippen LogP contribution >= 0.6 is 11.8 Å². The molecule has 0 atom stereocenters. The highest BCUT2D eigenvalue weighted by atomic mass is 32.2. The predicted molar refractivity (Wildman–Crippen MR) is 101 cm³/mol. The Balaban J connectivity index is 1.76. The number of ether oxygens (including phenoxy) is 1. The number of nitrogens with zero attached hydrogens (tertiary/aromatic N) is 1. The van der Waals surface area contributed by atoms with E-state index in [-0.39, 0.29) is 5.97 Å². The van der Waals surface area contributed by atoms with Crippen molar-refractivity contribution in [1.82, 2.24) is 0 Å². The van der Waals surface area contributed by atoms with Gasteiger partial charge in [0.2, 0.25) is 5.76 Å². The van der Waals surface area contributed by atoms with Crippen molar-refractivity contribution < 1.29 is 18.4 Å². The van der Waals surface area contributed by atoms with Crippen LogP contribution in [-0.4, -0.2) is 55.2 Å². The maximum Gasteiger partial charge on any atom is 0.374 e. The topological polar surface area (TPSA) is 39.4 Å². The van der Waals surface area contributed by atoms with Crippen molar-refractivity contribution in [2.75, 3.05) is 44.8 Å². The highest BCUT2D eigenvalue weighted by molar-refractivity contribution is 7.99. The van der Waals surface area contributed by atoms with Crippen molar-refractivity contribution in [1.29, 1.82) is 0 Å². The number of aryl methyl sites for hydroxylation is 1. The molecule has 1 aromatic heterocycles. The molecule has 0 radical (unpaired) electrons. The van der Waals surface area contributed by atoms with Crippen LogP contribution in [0.25, 0.3) is 11.0 Å². The number of para-hydroxylation sites is 1. The second-order valence-corrected chi connectivity index (χ2v) is 7.50. The summed E-state index contributed by atoms with van der Waals surface area (Å²) in [5.41, 5.74) is 1.58. The molecule has 0 aliphatic carbocycles. The summed E-state index contributed by atoms with van der Waals surface area (Å²) < 4.78 is 12.1. The SMILES string of the molecule is CC[N+](C)(CC)CCSCCOC(=O)c1oc2ccccc2c1C. The van der Waals surface area contributed by atoms with Crippen LogP contribution in [0, 0.1) is 6.92 Å². The van der Waals surface area contributed by atoms with E-state index in [2.05, 4.69) is 20.9 Å². The van der Waals surface area contributed by atoms with Gasteiger partial charge in [-0.3, -0.25) is 0 Å². The largest absolute Gasteiger partial charge is 0.459 e. The maximum atomic E-state index is 12.2. The number of furan rings is 1. The Labute approximate surface area is 148 Å². The van der Waals surface area contributed by atoms with E-state index in [9.17, 15) is 4.79 Å². The standard InChI is InChI=1S/C19H28NO3S/c1-5-20(4,6-2)11-13-24-14-12-22-19(21)18-15(3)16-9-7-8-10-17(16)23-18/h7-10H,5-6,11-14H2,1-4H3/q+1. The maximum absolute atomic E-state index is 12.2. The second-order valence-electron chi connectivity index (χ2n) is 6.28. The first kappa shape index (κ1) is 18.9. The van der Waals surface area contributed by atoms with Gasteiger partial charge in [-0.15, -0.1) is 0 Å². The quantitative estimate of drug-likeness (QED) is 0.387. The molecule has 4 nitrogen and oxygen atoms in total. The molecule has 1 heterocycles. The van der Waals surface area contributed by atoms with Gasteiger partial charge in [0, 0.05) is 22.5 Å². The molecule has 0 bridgehead atoms. The fourth-order valence-electron chi connectivity index (χ4n) is 2.55. The first-order valence-electron chi connectivity index (χ1n) is 8.57. The number of carbonyl (C=O) groups is 1. The third kappa shape index (κ3) is 4.54. The Morgan fingerprint density at radius 3 is 2.58 bits per heavy atom. The molecule has 0 fully saturated rings. The summed E-state index contributed by atoms with van der Waals surface area (Å²) in [7, 11) is 2.28. The van der Waals surface area contributed by atoms with Crippen LogP contribution in [0.2, 0.25) is 0 Å². The minimum atomic E-state index is -0.368. The van der Waals surface area contributed by atoms with Gasteiger partial charge < -0.3 is 13.6 Å². The Morgan fingerprint density at radius 1 is 1.21 bits per heavy atom. The monoisotopic (exact) mass is 350 g/mol. The molecule has 0 spiro atoms. The Hall–Kier alpha value is -1.46. The lowest BCUT2D eigenvalue weighted by Gasteiger charge is -2.31. The lowest BCUT2D eigenvalue weighted by molar-refractivity contribution is -0.903. The van der Waals surface area contributed by atoms with Gasteiger partial charge in [-0.2, -0.15) is 11.8 Å². The smallest absolute Gasteiger partial charge is 0.374 e. The molecule has 0 amide bonds. The van der Waals surface area contributed by atoms with E-state index >= 15 is 0 Å². The molecule has 0 N–H and O–H groups in total. The summed E-state index contributed by atoms with van der Waals surface area (Å²) >= 11 is 1.83. The lowest BCUT2D eigenvalue weighted by Crippen LogP contribution is -2.45. The van der Waals surface area contributed by atoms with Crippen LogP contribution in [0.5, 0.6) is 0 Å². The number of hydrogen-bond donors (Lipinski definition) is 0. The molecule has 2 rings (SSSR count). The van der Waals surface area contributed by atoms with E-state index in [1.807, 2.05) is 43.0 Å². The van der Waals surface area contributed by atoms with E-state index in [4.69, 9.17) is 9.15 Å². The second kappa shape index (κ2) is 8.58. The minimum Gasteiger partial charge on any atom is -0.459 e. The molecular weight excluding hydrogens is 322 g/mol. The van der Waals surface area contributed by atoms with Crippen LogP contribution in [0.1, 0.15) is 30.0 Å². The molecule has 2 aromatic rings. The Kier molecular flexibility index (Phi) is 6.75. The molecule has 132 valence electrons. The van der Waals surface area contributed by atoms with Crippen molar-refractivity contribution in [2.24, 2.45) is 0 Å². The normalized spacial score (nSPS) is 11.8. The number of thioether (sulfide) groups is 1. The Bertz CT molecular complexity index is 676. The third-order valence-corrected chi connectivity index (χ3v) is 5.72. The van der Waals surface area contributed by atoms with Crippen molar-refractivity contribution in [3.63, 3.8) is 0 Å². The van der Waals surface area contributed by atoms with Crippen molar-refractivity contribution in [3.8, 4) is 0 Å². The molecule has 0 aliphatic rings. The molecule has 0 saturated carbocycles. The number of benzene rings is 1. The number of hydrogen-bond acceptors (Lipinski definition) is 4. The molecule has 24 heavy (non-hydrogen) atoms. The van der Waals surface area contributed by atoms with Gasteiger partial charge in [-0.25, -0.2) is 4.79 Å². The summed E-state index contributed by atoms with van der Waals surface area (Å²) in [6.07, 6.45) is 0. The molecule has 5 heteroatoms. The van der Waals surface area contributed by atoms with E-state index in [1.165, 1.54) is 0 Å². The van der Waals surface area contributed by atoms with Crippen molar-refractivity contribution >= 4 is 28.7 Å². The van der Waals surface area contributed by atoms with Gasteiger partial charge in [0.1, 0.15) is 12.2 Å². The van der Waals surface area contributed by atoms with Gasteiger partial charge >= 0.3 is 5.97 Å². The van der Waals surface area contributed by atoms with Crippen LogP contribution in [0.3, 0.4) is 0 Å². The summed E-state index contributed by atoms with van der Waals surface area (Å²) in [5.74, 6) is 1.85. The van der Waals surface area contributed by atoms with Gasteiger partial charge in [-0.1, -0.05) is 18.2 Å². The predicted octanol–water partition coefficient (Wildman–Crippen LogP) is 4.12. The molecule has 0 unspecified atom stereocenters. The zero-order valence-electron chi connectivity index (χ0n) is 15.1. The van der Waals surface area contributed by atoms with Gasteiger partial charge in [0.25, 0.3) is 0 Å². The fraction of sp³-hybridized carbons (Fsp3) is 0.526. The molecule has 0 aliphatic heterocycles. The molecular formula is C19H28NO3S+. The van der Waals surface area contributed by atoms with E-state index in [0.29, 0.717) is 12.4 Å². The Morgan fingerprint density at radius 2 is 1.92 bits per heavy atom. The molecule has 1 aromatic carbocycles. The van der Waals surface area contributed by atoms with Crippen LogP contribution < -0.4 is 0 Å². The van der Waals surface area contributed by atoms with Crippen LogP contribution in [0.15, 0.2) is 28.7 Å². The molecule has 0 saturated heterocycles. The number of esters is 1. The summed E-state index contributed by atoms with van der Waals surface area (Å²) in [4.78, 5) is 12.2. The first-order valence-corrected chi connectivity index (χ1v) is 9.72. The average Bonchev–Trinajstić information content (AvgIpc) is 2.95. The number of fused-ring (bicyclic) bond motifs is 1. The first-order chi connectivity index (χ1) is 11.5.